The van der Waals surface area contributed by atoms with E-state index in [1.165, 1.54) is 44.6 Å². The maximum atomic E-state index is 11.0. The summed E-state index contributed by atoms with van der Waals surface area (Å²) in [6.45, 7) is 5.33. The molecule has 6 heteroatoms. The minimum absolute atomic E-state index is 0.0118. The zero-order valence-electron chi connectivity index (χ0n) is 16.0. The fraction of sp³-hybridized carbons (Fsp3) is 0.833. The van der Waals surface area contributed by atoms with E-state index in [1.807, 2.05) is 6.92 Å². The minimum Gasteiger partial charge on any atom is -0.460 e. The molecule has 0 spiro atoms. The van der Waals surface area contributed by atoms with Gasteiger partial charge in [0.2, 0.25) is 0 Å². The molecule has 0 aromatic heterocycles. The number of esters is 1. The summed E-state index contributed by atoms with van der Waals surface area (Å²) >= 11 is 0. The van der Waals surface area contributed by atoms with Crippen molar-refractivity contribution < 1.29 is 22.8 Å². The van der Waals surface area contributed by atoms with Crippen LogP contribution in [0.25, 0.3) is 0 Å². The van der Waals surface area contributed by atoms with E-state index in [-0.39, 0.29) is 12.1 Å². The van der Waals surface area contributed by atoms with Gasteiger partial charge in [0.15, 0.2) is 0 Å². The lowest BCUT2D eigenvalue weighted by Gasteiger charge is -2.24. The molecule has 0 aliphatic heterocycles. The Bertz CT molecular complexity index is 323. The first-order chi connectivity index (χ1) is 11.5. The first-order valence-corrected chi connectivity index (χ1v) is 10.9. The van der Waals surface area contributed by atoms with Gasteiger partial charge in [0.05, 0.1) is 6.10 Å². The predicted octanol–water partition coefficient (Wildman–Crippen LogP) is 4.49. The maximum absolute atomic E-state index is 11.0. The zero-order valence-corrected chi connectivity index (χ0v) is 17.0. The van der Waals surface area contributed by atoms with E-state index < -0.39 is 8.80 Å². The van der Waals surface area contributed by atoms with Crippen molar-refractivity contribution in [2.75, 3.05) is 21.3 Å². The number of hydrogen-bond donors (Lipinski definition) is 0. The molecule has 0 saturated carbocycles. The van der Waals surface area contributed by atoms with E-state index in [2.05, 4.69) is 6.58 Å². The Morgan fingerprint density at radius 1 is 0.917 bits per heavy atom. The van der Waals surface area contributed by atoms with E-state index in [9.17, 15) is 4.79 Å². The molecule has 0 aliphatic rings. The van der Waals surface area contributed by atoms with Crippen molar-refractivity contribution in [3.05, 3.63) is 12.7 Å². The summed E-state index contributed by atoms with van der Waals surface area (Å²) in [5, 5.41) is 0. The SMILES string of the molecule is C=CC(=O)OC(C)CCCCCCCCCC[Si](OC)(OC)OC. The van der Waals surface area contributed by atoms with Crippen molar-refractivity contribution in [3.8, 4) is 0 Å². The van der Waals surface area contributed by atoms with Gasteiger partial charge in [0.25, 0.3) is 0 Å². The average molecular weight is 361 g/mol. The molecule has 0 fully saturated rings. The van der Waals surface area contributed by atoms with E-state index in [0.29, 0.717) is 0 Å². The molecule has 0 amide bonds. The fourth-order valence-corrected chi connectivity index (χ4v) is 4.49. The van der Waals surface area contributed by atoms with Crippen molar-refractivity contribution in [2.45, 2.75) is 76.9 Å². The summed E-state index contributed by atoms with van der Waals surface area (Å²) in [6.07, 6.45) is 11.7. The average Bonchev–Trinajstić information content (AvgIpc) is 2.60. The van der Waals surface area contributed by atoms with Gasteiger partial charge in [0, 0.05) is 33.4 Å². The standard InChI is InChI=1S/C18H36O5Si/c1-6-18(19)23-17(2)15-13-11-9-7-8-10-12-14-16-24(20-3,21-4)22-5/h6,17H,1,7-16H2,2-5H3. The van der Waals surface area contributed by atoms with Crippen LogP contribution < -0.4 is 0 Å². The molecule has 0 rings (SSSR count). The zero-order chi connectivity index (χ0) is 18.3. The normalized spacial score (nSPS) is 12.8. The van der Waals surface area contributed by atoms with Crippen molar-refractivity contribution in [3.63, 3.8) is 0 Å². The number of unbranched alkanes of at least 4 members (excludes halogenated alkanes) is 7. The first-order valence-electron chi connectivity index (χ1n) is 9.02. The van der Waals surface area contributed by atoms with Gasteiger partial charge >= 0.3 is 14.8 Å². The molecular weight excluding hydrogens is 324 g/mol. The van der Waals surface area contributed by atoms with Crippen molar-refractivity contribution in [2.24, 2.45) is 0 Å². The Morgan fingerprint density at radius 2 is 1.38 bits per heavy atom. The van der Waals surface area contributed by atoms with Crippen molar-refractivity contribution in [1.82, 2.24) is 0 Å². The van der Waals surface area contributed by atoms with Crippen LogP contribution in [0.4, 0.5) is 0 Å². The quantitative estimate of drug-likeness (QED) is 0.176. The van der Waals surface area contributed by atoms with Crippen LogP contribution in [0.5, 0.6) is 0 Å². The Kier molecular flexibility index (Phi) is 14.2. The van der Waals surface area contributed by atoms with E-state index in [4.69, 9.17) is 18.0 Å². The van der Waals surface area contributed by atoms with Gasteiger partial charge in [0.1, 0.15) is 0 Å². The van der Waals surface area contributed by atoms with Gasteiger partial charge in [-0.1, -0.05) is 45.1 Å². The molecule has 0 bridgehead atoms. The lowest BCUT2D eigenvalue weighted by atomic mass is 10.1. The highest BCUT2D eigenvalue weighted by Crippen LogP contribution is 2.18. The monoisotopic (exact) mass is 360 g/mol. The largest absolute Gasteiger partial charge is 0.500 e. The highest BCUT2D eigenvalue weighted by molar-refractivity contribution is 6.60. The Hall–Kier alpha value is -0.693. The highest BCUT2D eigenvalue weighted by Gasteiger charge is 2.36. The summed E-state index contributed by atoms with van der Waals surface area (Å²) in [5.41, 5.74) is 0. The van der Waals surface area contributed by atoms with Crippen LogP contribution >= 0.6 is 0 Å². The fourth-order valence-electron chi connectivity index (χ4n) is 2.70. The Labute approximate surface area is 149 Å². The molecule has 5 nitrogen and oxygen atoms in total. The summed E-state index contributed by atoms with van der Waals surface area (Å²) in [6, 6.07) is 0.887. The van der Waals surface area contributed by atoms with Gasteiger partial charge in [-0.25, -0.2) is 4.79 Å². The molecular formula is C18H36O5Si. The van der Waals surface area contributed by atoms with Crippen LogP contribution in [0.15, 0.2) is 12.7 Å². The number of carbonyl (C=O) groups is 1. The number of ether oxygens (including phenoxy) is 1. The van der Waals surface area contributed by atoms with Gasteiger partial charge in [-0.15, -0.1) is 0 Å². The lowest BCUT2D eigenvalue weighted by molar-refractivity contribution is -0.142. The second-order valence-corrected chi connectivity index (χ2v) is 9.20. The molecule has 0 aromatic rings. The lowest BCUT2D eigenvalue weighted by Crippen LogP contribution is -2.42. The number of carbonyl (C=O) groups excluding carboxylic acids is 1. The van der Waals surface area contributed by atoms with E-state index in [1.54, 1.807) is 21.3 Å². The highest BCUT2D eigenvalue weighted by atomic mass is 28.4. The van der Waals surface area contributed by atoms with Gasteiger partial charge in [-0.05, 0) is 26.2 Å². The van der Waals surface area contributed by atoms with Crippen LogP contribution in [0.1, 0.15) is 64.7 Å². The number of rotatable bonds is 16. The first kappa shape index (κ1) is 23.3. The molecule has 0 aromatic carbocycles. The van der Waals surface area contributed by atoms with Crippen LogP contribution in [0.3, 0.4) is 0 Å². The van der Waals surface area contributed by atoms with Crippen molar-refractivity contribution in [1.29, 1.82) is 0 Å². The molecule has 24 heavy (non-hydrogen) atoms. The van der Waals surface area contributed by atoms with Crippen LogP contribution in [0.2, 0.25) is 6.04 Å². The molecule has 0 N–H and O–H groups in total. The smallest absolute Gasteiger partial charge is 0.460 e. The third-order valence-electron chi connectivity index (χ3n) is 4.26. The second-order valence-electron chi connectivity index (χ2n) is 6.11. The number of hydrogen-bond acceptors (Lipinski definition) is 5. The molecule has 0 heterocycles. The topological polar surface area (TPSA) is 54.0 Å². The van der Waals surface area contributed by atoms with Crippen LogP contribution in [0, 0.1) is 0 Å². The van der Waals surface area contributed by atoms with Gasteiger partial charge in [-0.3, -0.25) is 0 Å². The molecule has 142 valence electrons. The molecule has 0 radical (unpaired) electrons. The summed E-state index contributed by atoms with van der Waals surface area (Å²) < 4.78 is 21.4. The van der Waals surface area contributed by atoms with Gasteiger partial charge < -0.3 is 18.0 Å². The van der Waals surface area contributed by atoms with E-state index in [0.717, 1.165) is 25.3 Å². The minimum atomic E-state index is -2.37. The maximum Gasteiger partial charge on any atom is 0.500 e. The molecule has 0 aliphatic carbocycles. The Morgan fingerprint density at radius 3 is 1.83 bits per heavy atom. The summed E-state index contributed by atoms with van der Waals surface area (Å²) in [5.74, 6) is -0.329. The third-order valence-corrected chi connectivity index (χ3v) is 7.09. The Balaban J connectivity index is 3.46. The summed E-state index contributed by atoms with van der Waals surface area (Å²) in [4.78, 5) is 11.0. The van der Waals surface area contributed by atoms with Crippen LogP contribution in [-0.2, 0) is 22.8 Å². The second kappa shape index (κ2) is 14.6. The predicted molar refractivity (Wildman–Crippen MR) is 98.9 cm³/mol. The molecule has 0 saturated heterocycles. The van der Waals surface area contributed by atoms with E-state index >= 15 is 0 Å². The van der Waals surface area contributed by atoms with Gasteiger partial charge in [-0.2, -0.15) is 0 Å². The van der Waals surface area contributed by atoms with Crippen LogP contribution in [-0.4, -0.2) is 42.2 Å². The summed E-state index contributed by atoms with van der Waals surface area (Å²) in [7, 11) is 2.62. The molecule has 1 unspecified atom stereocenters. The third kappa shape index (κ3) is 11.0. The van der Waals surface area contributed by atoms with Crippen molar-refractivity contribution >= 4 is 14.8 Å². The molecule has 1 atom stereocenters.